The van der Waals surface area contributed by atoms with Gasteiger partial charge in [0.2, 0.25) is 0 Å². The average molecular weight is 387 g/mol. The second kappa shape index (κ2) is 6.69. The number of hydrogen-bond acceptors (Lipinski definition) is 2. The molecule has 3 rings (SSSR count). The number of halogens is 3. The molecule has 2 aromatic carbocycles. The Balaban J connectivity index is 1.78. The van der Waals surface area contributed by atoms with Gasteiger partial charge in [-0.25, -0.2) is 4.39 Å². The zero-order chi connectivity index (χ0) is 14.8. The van der Waals surface area contributed by atoms with Crippen molar-refractivity contribution in [1.29, 1.82) is 0 Å². The highest BCUT2D eigenvalue weighted by atomic mass is 79.9. The van der Waals surface area contributed by atoms with Crippen molar-refractivity contribution in [1.82, 2.24) is 5.32 Å². The molecule has 1 heterocycles. The van der Waals surface area contributed by atoms with Gasteiger partial charge in [-0.2, -0.15) is 0 Å². The summed E-state index contributed by atoms with van der Waals surface area (Å²) < 4.78 is 14.5. The fraction of sp³-hybridized carbons (Fsp3) is 0.250. The first-order valence-electron chi connectivity index (χ1n) is 6.73. The van der Waals surface area contributed by atoms with Gasteiger partial charge in [-0.1, -0.05) is 27.5 Å². The molecule has 0 spiro atoms. The van der Waals surface area contributed by atoms with E-state index in [1.807, 2.05) is 24.3 Å². The molecule has 1 nitrogen and oxygen atoms in total. The number of fused-ring (bicyclic) bond motifs is 1. The van der Waals surface area contributed by atoms with Crippen molar-refractivity contribution < 1.29 is 4.39 Å². The maximum absolute atomic E-state index is 13.5. The molecule has 0 aliphatic carbocycles. The van der Waals surface area contributed by atoms with Crippen LogP contribution in [0.25, 0.3) is 0 Å². The van der Waals surface area contributed by atoms with Crippen LogP contribution in [0.2, 0.25) is 5.02 Å². The Labute approximate surface area is 141 Å². The summed E-state index contributed by atoms with van der Waals surface area (Å²) in [5.41, 5.74) is 2.17. The van der Waals surface area contributed by atoms with Crippen molar-refractivity contribution in [2.45, 2.75) is 23.9 Å². The number of thioether (sulfide) groups is 1. The van der Waals surface area contributed by atoms with E-state index < -0.39 is 0 Å². The first-order valence-corrected chi connectivity index (χ1v) is 8.89. The predicted molar refractivity (Wildman–Crippen MR) is 90.5 cm³/mol. The molecule has 0 amide bonds. The van der Waals surface area contributed by atoms with Gasteiger partial charge < -0.3 is 5.32 Å². The highest BCUT2D eigenvalue weighted by molar-refractivity contribution is 9.10. The largest absolute Gasteiger partial charge is 0.306 e. The van der Waals surface area contributed by atoms with Gasteiger partial charge in [0.15, 0.2) is 0 Å². The molecule has 0 saturated heterocycles. The van der Waals surface area contributed by atoms with E-state index >= 15 is 0 Å². The summed E-state index contributed by atoms with van der Waals surface area (Å²) >= 11 is 11.4. The Kier molecular flexibility index (Phi) is 4.89. The van der Waals surface area contributed by atoms with Crippen LogP contribution in [-0.2, 0) is 6.54 Å². The molecule has 0 fully saturated rings. The summed E-state index contributed by atoms with van der Waals surface area (Å²) in [4.78, 5) is 1.17. The van der Waals surface area contributed by atoms with E-state index in [2.05, 4.69) is 21.2 Å². The summed E-state index contributed by atoms with van der Waals surface area (Å²) in [7, 11) is 0. The zero-order valence-corrected chi connectivity index (χ0v) is 14.4. The summed E-state index contributed by atoms with van der Waals surface area (Å²) in [6.07, 6.45) is 0.999. The molecule has 0 saturated carbocycles. The van der Waals surface area contributed by atoms with Gasteiger partial charge in [0.1, 0.15) is 5.82 Å². The van der Waals surface area contributed by atoms with Crippen LogP contribution in [0, 0.1) is 5.82 Å². The predicted octanol–water partition coefficient (Wildman–Crippen LogP) is 5.57. The van der Waals surface area contributed by atoms with Crippen LogP contribution in [0.3, 0.4) is 0 Å². The Morgan fingerprint density at radius 3 is 3.00 bits per heavy atom. The summed E-state index contributed by atoms with van der Waals surface area (Å²) in [5.74, 6) is 0.875. The smallest absolute Gasteiger partial charge is 0.123 e. The highest BCUT2D eigenvalue weighted by Crippen LogP contribution is 2.36. The molecular formula is C16H14BrClFNS. The van der Waals surface area contributed by atoms with Crippen molar-refractivity contribution in [2.24, 2.45) is 0 Å². The minimum Gasteiger partial charge on any atom is -0.306 e. The van der Waals surface area contributed by atoms with Crippen LogP contribution >= 0.6 is 39.3 Å². The van der Waals surface area contributed by atoms with Crippen molar-refractivity contribution in [3.63, 3.8) is 0 Å². The summed E-state index contributed by atoms with van der Waals surface area (Å²) in [6, 6.07) is 11.0. The van der Waals surface area contributed by atoms with Gasteiger partial charge in [0.25, 0.3) is 0 Å². The van der Waals surface area contributed by atoms with Crippen LogP contribution in [0.15, 0.2) is 45.8 Å². The summed E-state index contributed by atoms with van der Waals surface area (Å²) in [5, 5.41) is 4.24. The third-order valence-corrected chi connectivity index (χ3v) is 5.69. The first kappa shape index (κ1) is 15.3. The standard InChI is InChI=1S/C16H14BrClFNS/c17-14-3-1-11(18)7-10(14)9-20-15-5-6-21-16-4-2-12(19)8-13(15)16/h1-4,7-8,15,20H,5-6,9H2. The zero-order valence-electron chi connectivity index (χ0n) is 11.2. The van der Waals surface area contributed by atoms with Crippen molar-refractivity contribution in [3.8, 4) is 0 Å². The molecular weight excluding hydrogens is 373 g/mol. The third-order valence-electron chi connectivity index (χ3n) is 3.56. The average Bonchev–Trinajstić information content (AvgIpc) is 2.48. The van der Waals surface area contributed by atoms with Crippen LogP contribution in [0.5, 0.6) is 0 Å². The van der Waals surface area contributed by atoms with Gasteiger partial charge in [0.05, 0.1) is 0 Å². The molecule has 0 radical (unpaired) electrons. The maximum atomic E-state index is 13.5. The molecule has 2 aromatic rings. The Bertz CT molecular complexity index is 665. The fourth-order valence-electron chi connectivity index (χ4n) is 2.49. The minimum atomic E-state index is -0.174. The Morgan fingerprint density at radius 1 is 1.29 bits per heavy atom. The van der Waals surface area contributed by atoms with E-state index in [0.29, 0.717) is 6.54 Å². The van der Waals surface area contributed by atoms with Gasteiger partial charge >= 0.3 is 0 Å². The van der Waals surface area contributed by atoms with Crippen molar-refractivity contribution in [2.75, 3.05) is 5.75 Å². The maximum Gasteiger partial charge on any atom is 0.123 e. The van der Waals surface area contributed by atoms with E-state index in [9.17, 15) is 4.39 Å². The van der Waals surface area contributed by atoms with Crippen LogP contribution in [0.1, 0.15) is 23.6 Å². The lowest BCUT2D eigenvalue weighted by molar-refractivity contribution is 0.504. The molecule has 1 aliphatic heterocycles. The molecule has 0 bridgehead atoms. The minimum absolute atomic E-state index is 0.174. The van der Waals surface area contributed by atoms with E-state index in [-0.39, 0.29) is 11.9 Å². The monoisotopic (exact) mass is 385 g/mol. The summed E-state index contributed by atoms with van der Waals surface area (Å²) in [6.45, 7) is 0.701. The molecule has 5 heteroatoms. The highest BCUT2D eigenvalue weighted by Gasteiger charge is 2.21. The molecule has 21 heavy (non-hydrogen) atoms. The van der Waals surface area contributed by atoms with E-state index in [0.717, 1.165) is 32.8 Å². The molecule has 1 aliphatic rings. The number of benzene rings is 2. The topological polar surface area (TPSA) is 12.0 Å². The Hall–Kier alpha value is -0.550. The molecule has 110 valence electrons. The van der Waals surface area contributed by atoms with Crippen molar-refractivity contribution in [3.05, 3.63) is 62.8 Å². The van der Waals surface area contributed by atoms with Crippen LogP contribution in [-0.4, -0.2) is 5.75 Å². The van der Waals surface area contributed by atoms with E-state index in [1.165, 1.54) is 11.0 Å². The molecule has 1 atom stereocenters. The van der Waals surface area contributed by atoms with Crippen LogP contribution < -0.4 is 5.32 Å². The van der Waals surface area contributed by atoms with Gasteiger partial charge in [0, 0.05) is 27.0 Å². The third kappa shape index (κ3) is 3.62. The lowest BCUT2D eigenvalue weighted by Crippen LogP contribution is -2.24. The second-order valence-electron chi connectivity index (χ2n) is 4.99. The second-order valence-corrected chi connectivity index (χ2v) is 7.42. The lowest BCUT2D eigenvalue weighted by atomic mass is 10.0. The SMILES string of the molecule is Fc1ccc2c(c1)C(NCc1cc(Cl)ccc1Br)CCS2. The van der Waals surface area contributed by atoms with Gasteiger partial charge in [-0.15, -0.1) is 11.8 Å². The number of nitrogens with one attached hydrogen (secondary N) is 1. The molecule has 1 N–H and O–H groups in total. The van der Waals surface area contributed by atoms with Gasteiger partial charge in [-0.05, 0) is 59.7 Å². The Morgan fingerprint density at radius 2 is 2.14 bits per heavy atom. The van der Waals surface area contributed by atoms with Gasteiger partial charge in [-0.3, -0.25) is 0 Å². The van der Waals surface area contributed by atoms with E-state index in [4.69, 9.17) is 11.6 Å². The molecule has 0 aromatic heterocycles. The van der Waals surface area contributed by atoms with E-state index in [1.54, 1.807) is 17.8 Å². The molecule has 1 unspecified atom stereocenters. The number of hydrogen-bond donors (Lipinski definition) is 1. The lowest BCUT2D eigenvalue weighted by Gasteiger charge is -2.26. The number of rotatable bonds is 3. The normalized spacial score (nSPS) is 17.6. The quantitative estimate of drug-likeness (QED) is 0.740. The van der Waals surface area contributed by atoms with Crippen LogP contribution in [0.4, 0.5) is 4.39 Å². The fourth-order valence-corrected chi connectivity index (χ4v) is 4.18. The first-order chi connectivity index (χ1) is 10.1. The van der Waals surface area contributed by atoms with Crippen molar-refractivity contribution >= 4 is 39.3 Å².